The van der Waals surface area contributed by atoms with Crippen LogP contribution in [0, 0.1) is 5.92 Å². The Morgan fingerprint density at radius 2 is 2.13 bits per heavy atom. The fourth-order valence-electron chi connectivity index (χ4n) is 3.10. The summed E-state index contributed by atoms with van der Waals surface area (Å²) >= 11 is 0. The number of nitrogens with zero attached hydrogens (tertiary/aromatic N) is 3. The molecular weight excluding hydrogens is 286 g/mol. The van der Waals surface area contributed by atoms with E-state index < -0.39 is 0 Å². The standard InChI is InChI=1S/C18H27N5/c1-22(2)17(10-15-6-4-3-5-7-15)13-19-11-16-12-20-18-8-9-21-23(18)14-16/h3-9,16-17,19-20H,10-14H2,1-2H3/t16-,17-/m0/s1. The van der Waals surface area contributed by atoms with Crippen LogP contribution in [0.25, 0.3) is 0 Å². The van der Waals surface area contributed by atoms with Crippen molar-refractivity contribution >= 4 is 5.82 Å². The van der Waals surface area contributed by atoms with Crippen LogP contribution in [0.4, 0.5) is 5.82 Å². The molecule has 5 heteroatoms. The van der Waals surface area contributed by atoms with Crippen LogP contribution in [-0.4, -0.2) is 54.5 Å². The molecule has 2 heterocycles. The third kappa shape index (κ3) is 4.33. The van der Waals surface area contributed by atoms with E-state index in [0.29, 0.717) is 12.0 Å². The summed E-state index contributed by atoms with van der Waals surface area (Å²) < 4.78 is 2.06. The maximum Gasteiger partial charge on any atom is 0.124 e. The van der Waals surface area contributed by atoms with E-state index in [0.717, 1.165) is 38.4 Å². The zero-order valence-corrected chi connectivity index (χ0v) is 14.1. The van der Waals surface area contributed by atoms with Crippen molar-refractivity contribution in [3.8, 4) is 0 Å². The number of likely N-dealkylation sites (N-methyl/N-ethyl adjacent to an activating group) is 1. The van der Waals surface area contributed by atoms with Crippen LogP contribution in [0.15, 0.2) is 42.6 Å². The normalized spacial score (nSPS) is 18.5. The van der Waals surface area contributed by atoms with Crippen molar-refractivity contribution in [2.75, 3.05) is 39.0 Å². The van der Waals surface area contributed by atoms with Gasteiger partial charge in [-0.3, -0.25) is 0 Å². The zero-order chi connectivity index (χ0) is 16.1. The number of anilines is 1. The fourth-order valence-corrected chi connectivity index (χ4v) is 3.10. The van der Waals surface area contributed by atoms with E-state index in [1.165, 1.54) is 5.56 Å². The Labute approximate surface area is 138 Å². The molecule has 0 spiro atoms. The molecule has 5 nitrogen and oxygen atoms in total. The number of nitrogens with one attached hydrogen (secondary N) is 2. The summed E-state index contributed by atoms with van der Waals surface area (Å²) in [6, 6.07) is 13.3. The molecule has 2 atom stereocenters. The van der Waals surface area contributed by atoms with Crippen LogP contribution >= 0.6 is 0 Å². The summed E-state index contributed by atoms with van der Waals surface area (Å²) in [5.74, 6) is 1.72. The largest absolute Gasteiger partial charge is 0.370 e. The van der Waals surface area contributed by atoms with Gasteiger partial charge in [-0.1, -0.05) is 30.3 Å². The molecule has 3 rings (SSSR count). The van der Waals surface area contributed by atoms with Crippen LogP contribution in [0.3, 0.4) is 0 Å². The van der Waals surface area contributed by atoms with Gasteiger partial charge in [0.1, 0.15) is 5.82 Å². The van der Waals surface area contributed by atoms with Gasteiger partial charge in [0.15, 0.2) is 0 Å². The van der Waals surface area contributed by atoms with Gasteiger partial charge in [-0.25, -0.2) is 4.68 Å². The molecule has 0 saturated carbocycles. The van der Waals surface area contributed by atoms with Crippen molar-refractivity contribution in [3.05, 3.63) is 48.2 Å². The lowest BCUT2D eigenvalue weighted by atomic mass is 10.0. The molecule has 1 aromatic carbocycles. The summed E-state index contributed by atoms with van der Waals surface area (Å²) in [4.78, 5) is 2.31. The van der Waals surface area contributed by atoms with E-state index in [4.69, 9.17) is 0 Å². The van der Waals surface area contributed by atoms with Crippen molar-refractivity contribution in [2.24, 2.45) is 5.92 Å². The number of aromatic nitrogens is 2. The monoisotopic (exact) mass is 313 g/mol. The molecule has 1 aliphatic heterocycles. The van der Waals surface area contributed by atoms with Crippen molar-refractivity contribution in [1.29, 1.82) is 0 Å². The second kappa shape index (κ2) is 7.62. The average molecular weight is 313 g/mol. The van der Waals surface area contributed by atoms with Crippen molar-refractivity contribution in [1.82, 2.24) is 20.0 Å². The summed E-state index contributed by atoms with van der Waals surface area (Å²) in [6.45, 7) is 4.04. The van der Waals surface area contributed by atoms with Crippen LogP contribution < -0.4 is 10.6 Å². The van der Waals surface area contributed by atoms with Gasteiger partial charge in [0, 0.05) is 44.2 Å². The molecule has 0 amide bonds. The molecule has 0 fully saturated rings. The Balaban J connectivity index is 1.46. The molecule has 2 aromatic rings. The van der Waals surface area contributed by atoms with E-state index in [1.807, 2.05) is 12.3 Å². The first kappa shape index (κ1) is 16.0. The molecule has 1 aromatic heterocycles. The first-order valence-corrected chi connectivity index (χ1v) is 8.39. The summed E-state index contributed by atoms with van der Waals surface area (Å²) in [6.07, 6.45) is 2.94. The average Bonchev–Trinajstić information content (AvgIpc) is 3.02. The summed E-state index contributed by atoms with van der Waals surface area (Å²) in [7, 11) is 4.32. The second-order valence-electron chi connectivity index (χ2n) is 6.61. The number of fused-ring (bicyclic) bond motifs is 1. The van der Waals surface area contributed by atoms with Gasteiger partial charge in [0.2, 0.25) is 0 Å². The summed E-state index contributed by atoms with van der Waals surface area (Å²) in [5, 5.41) is 11.5. The quantitative estimate of drug-likeness (QED) is 0.816. The maximum absolute atomic E-state index is 4.35. The number of hydrogen-bond donors (Lipinski definition) is 2. The minimum Gasteiger partial charge on any atom is -0.370 e. The van der Waals surface area contributed by atoms with Gasteiger partial charge < -0.3 is 15.5 Å². The van der Waals surface area contributed by atoms with Crippen LogP contribution in [-0.2, 0) is 13.0 Å². The molecular formula is C18H27N5. The Bertz CT molecular complexity index is 592. The van der Waals surface area contributed by atoms with Crippen LogP contribution in [0.2, 0.25) is 0 Å². The van der Waals surface area contributed by atoms with Gasteiger partial charge in [0.05, 0.1) is 6.20 Å². The van der Waals surface area contributed by atoms with Gasteiger partial charge in [0.25, 0.3) is 0 Å². The molecule has 0 aliphatic carbocycles. The van der Waals surface area contributed by atoms with E-state index in [9.17, 15) is 0 Å². The molecule has 0 saturated heterocycles. The lowest BCUT2D eigenvalue weighted by molar-refractivity contribution is 0.273. The van der Waals surface area contributed by atoms with Crippen LogP contribution in [0.5, 0.6) is 0 Å². The molecule has 1 aliphatic rings. The lowest BCUT2D eigenvalue weighted by Gasteiger charge is -2.28. The highest BCUT2D eigenvalue weighted by Gasteiger charge is 2.19. The van der Waals surface area contributed by atoms with E-state index in [2.05, 4.69) is 69.7 Å². The second-order valence-corrected chi connectivity index (χ2v) is 6.61. The predicted molar refractivity (Wildman–Crippen MR) is 94.7 cm³/mol. The van der Waals surface area contributed by atoms with E-state index in [1.54, 1.807) is 0 Å². The SMILES string of the molecule is CN(C)[C@H](CNC[C@H]1CNc2ccnn2C1)Cc1ccccc1. The third-order valence-electron chi connectivity index (χ3n) is 4.58. The highest BCUT2D eigenvalue weighted by atomic mass is 15.3. The molecule has 0 bridgehead atoms. The molecule has 0 radical (unpaired) electrons. The lowest BCUT2D eigenvalue weighted by Crippen LogP contribution is -2.43. The number of hydrogen-bond acceptors (Lipinski definition) is 4. The Hall–Kier alpha value is -1.85. The zero-order valence-electron chi connectivity index (χ0n) is 14.1. The first-order valence-electron chi connectivity index (χ1n) is 8.39. The van der Waals surface area contributed by atoms with Crippen molar-refractivity contribution in [2.45, 2.75) is 19.0 Å². The highest BCUT2D eigenvalue weighted by Crippen LogP contribution is 2.15. The smallest absolute Gasteiger partial charge is 0.124 e. The van der Waals surface area contributed by atoms with Crippen LogP contribution in [0.1, 0.15) is 5.56 Å². The van der Waals surface area contributed by atoms with Gasteiger partial charge >= 0.3 is 0 Å². The molecule has 23 heavy (non-hydrogen) atoms. The fraction of sp³-hybridized carbons (Fsp3) is 0.500. The summed E-state index contributed by atoms with van der Waals surface area (Å²) in [5.41, 5.74) is 1.40. The molecule has 2 N–H and O–H groups in total. The molecule has 0 unspecified atom stereocenters. The van der Waals surface area contributed by atoms with Crippen molar-refractivity contribution in [3.63, 3.8) is 0 Å². The minimum absolute atomic E-state index is 0.509. The van der Waals surface area contributed by atoms with Crippen molar-refractivity contribution < 1.29 is 0 Å². The minimum atomic E-state index is 0.509. The van der Waals surface area contributed by atoms with E-state index >= 15 is 0 Å². The number of benzene rings is 1. The van der Waals surface area contributed by atoms with Gasteiger partial charge in [-0.15, -0.1) is 0 Å². The Kier molecular flexibility index (Phi) is 5.31. The Morgan fingerprint density at radius 1 is 1.30 bits per heavy atom. The molecule has 124 valence electrons. The predicted octanol–water partition coefficient (Wildman–Crippen LogP) is 1.69. The van der Waals surface area contributed by atoms with Gasteiger partial charge in [-0.05, 0) is 26.1 Å². The maximum atomic E-state index is 4.35. The van der Waals surface area contributed by atoms with E-state index in [-0.39, 0.29) is 0 Å². The topological polar surface area (TPSA) is 45.1 Å². The number of rotatable bonds is 7. The first-order chi connectivity index (χ1) is 11.2. The third-order valence-corrected chi connectivity index (χ3v) is 4.58. The highest BCUT2D eigenvalue weighted by molar-refractivity contribution is 5.35. The van der Waals surface area contributed by atoms with Gasteiger partial charge in [-0.2, -0.15) is 5.10 Å². The Morgan fingerprint density at radius 3 is 2.91 bits per heavy atom.